The van der Waals surface area contributed by atoms with Crippen molar-refractivity contribution in [3.63, 3.8) is 0 Å². The van der Waals surface area contributed by atoms with Crippen LogP contribution in [0.1, 0.15) is 45.7 Å². The summed E-state index contributed by atoms with van der Waals surface area (Å²) in [5.41, 5.74) is 6.22. The van der Waals surface area contributed by atoms with Crippen LogP contribution in [-0.4, -0.2) is 52.6 Å². The van der Waals surface area contributed by atoms with Crippen LogP contribution in [0.5, 0.6) is 5.88 Å². The van der Waals surface area contributed by atoms with Crippen molar-refractivity contribution in [3.8, 4) is 5.88 Å². The summed E-state index contributed by atoms with van der Waals surface area (Å²) in [6.45, 7) is 8.17. The standard InChI is InChI=1S/C18H27N5O3/c1-18(2,3)14-5-7-16(22-20-14)26-11-12-8-9-23(10-12)17(25)13-4-6-15(24)21-19-13/h5,7,12-13,19H,4,6,8-11H2,1-3H3,(H,21,24). The summed E-state index contributed by atoms with van der Waals surface area (Å²) >= 11 is 0. The second-order valence-electron chi connectivity index (χ2n) is 8.04. The van der Waals surface area contributed by atoms with Crippen LogP contribution in [0.15, 0.2) is 12.1 Å². The van der Waals surface area contributed by atoms with E-state index >= 15 is 0 Å². The van der Waals surface area contributed by atoms with Crippen molar-refractivity contribution in [1.82, 2.24) is 25.9 Å². The summed E-state index contributed by atoms with van der Waals surface area (Å²) < 4.78 is 5.76. The molecule has 3 heterocycles. The molecule has 0 saturated carbocycles. The van der Waals surface area contributed by atoms with Gasteiger partial charge in [0.25, 0.3) is 0 Å². The Hall–Kier alpha value is -2.22. The number of aromatic nitrogens is 2. The SMILES string of the molecule is CC(C)(C)c1ccc(OCC2CCN(C(=O)C3CCC(=O)NN3)C2)nn1. The minimum atomic E-state index is -0.330. The molecule has 26 heavy (non-hydrogen) atoms. The van der Waals surface area contributed by atoms with E-state index in [9.17, 15) is 9.59 Å². The number of hydrogen-bond acceptors (Lipinski definition) is 6. The van der Waals surface area contributed by atoms with E-state index in [0.717, 1.165) is 12.1 Å². The lowest BCUT2D eigenvalue weighted by atomic mass is 9.92. The third-order valence-corrected chi connectivity index (χ3v) is 4.82. The zero-order valence-corrected chi connectivity index (χ0v) is 15.6. The average Bonchev–Trinajstić information content (AvgIpc) is 3.08. The van der Waals surface area contributed by atoms with Crippen molar-refractivity contribution < 1.29 is 14.3 Å². The average molecular weight is 361 g/mol. The molecule has 0 aromatic carbocycles. The maximum absolute atomic E-state index is 12.5. The maximum Gasteiger partial charge on any atom is 0.241 e. The van der Waals surface area contributed by atoms with E-state index in [1.165, 1.54) is 0 Å². The van der Waals surface area contributed by atoms with Crippen LogP contribution < -0.4 is 15.6 Å². The Morgan fingerprint density at radius 3 is 2.73 bits per heavy atom. The number of amides is 2. The second kappa shape index (κ2) is 7.57. The van der Waals surface area contributed by atoms with Crippen molar-refractivity contribution in [2.24, 2.45) is 5.92 Å². The van der Waals surface area contributed by atoms with Crippen molar-refractivity contribution in [2.75, 3.05) is 19.7 Å². The second-order valence-corrected chi connectivity index (χ2v) is 8.04. The lowest BCUT2D eigenvalue weighted by molar-refractivity contribution is -0.135. The smallest absolute Gasteiger partial charge is 0.241 e. The number of rotatable bonds is 4. The van der Waals surface area contributed by atoms with Crippen molar-refractivity contribution >= 4 is 11.8 Å². The van der Waals surface area contributed by atoms with E-state index in [0.29, 0.717) is 38.4 Å². The third kappa shape index (κ3) is 4.49. The molecule has 0 aliphatic carbocycles. The molecule has 2 saturated heterocycles. The lowest BCUT2D eigenvalue weighted by Crippen LogP contribution is -2.56. The first kappa shape index (κ1) is 18.6. The molecule has 2 N–H and O–H groups in total. The van der Waals surface area contributed by atoms with Gasteiger partial charge in [-0.05, 0) is 18.9 Å². The van der Waals surface area contributed by atoms with Crippen LogP contribution in [0, 0.1) is 5.92 Å². The first-order valence-corrected chi connectivity index (χ1v) is 9.13. The van der Waals surface area contributed by atoms with E-state index in [2.05, 4.69) is 41.8 Å². The van der Waals surface area contributed by atoms with Crippen molar-refractivity contribution in [2.45, 2.75) is 51.5 Å². The minimum Gasteiger partial charge on any atom is -0.476 e. The highest BCUT2D eigenvalue weighted by molar-refractivity contribution is 5.85. The van der Waals surface area contributed by atoms with Gasteiger partial charge in [-0.3, -0.25) is 15.0 Å². The van der Waals surface area contributed by atoms with E-state index in [1.807, 2.05) is 17.0 Å². The van der Waals surface area contributed by atoms with E-state index in [4.69, 9.17) is 4.74 Å². The fourth-order valence-electron chi connectivity index (χ4n) is 3.15. The summed E-state index contributed by atoms with van der Waals surface area (Å²) in [5, 5.41) is 8.36. The number of carbonyl (C=O) groups is 2. The minimum absolute atomic E-state index is 0.0372. The molecule has 2 unspecified atom stereocenters. The van der Waals surface area contributed by atoms with Gasteiger partial charge in [0.2, 0.25) is 17.7 Å². The molecule has 1 aromatic rings. The fraction of sp³-hybridized carbons (Fsp3) is 0.667. The number of hydrogen-bond donors (Lipinski definition) is 2. The lowest BCUT2D eigenvalue weighted by Gasteiger charge is -2.27. The van der Waals surface area contributed by atoms with E-state index in [1.54, 1.807) is 0 Å². The number of likely N-dealkylation sites (tertiary alicyclic amines) is 1. The molecule has 2 atom stereocenters. The number of carbonyl (C=O) groups excluding carboxylic acids is 2. The molecule has 8 nitrogen and oxygen atoms in total. The molecule has 3 rings (SSSR count). The van der Waals surface area contributed by atoms with Gasteiger partial charge in [0.05, 0.1) is 12.3 Å². The van der Waals surface area contributed by atoms with Gasteiger partial charge in [0.1, 0.15) is 6.04 Å². The van der Waals surface area contributed by atoms with Gasteiger partial charge in [0.15, 0.2) is 0 Å². The molecule has 0 spiro atoms. The quantitative estimate of drug-likeness (QED) is 0.823. The van der Waals surface area contributed by atoms with E-state index in [-0.39, 0.29) is 29.2 Å². The summed E-state index contributed by atoms with van der Waals surface area (Å²) in [4.78, 5) is 25.5. The highest BCUT2D eigenvalue weighted by Crippen LogP contribution is 2.22. The molecular weight excluding hydrogens is 334 g/mol. The zero-order valence-electron chi connectivity index (χ0n) is 15.6. The molecule has 8 heteroatoms. The highest BCUT2D eigenvalue weighted by Gasteiger charge is 2.33. The van der Waals surface area contributed by atoms with Crippen LogP contribution in [-0.2, 0) is 15.0 Å². The number of hydrazine groups is 1. The molecule has 142 valence electrons. The Balaban J connectivity index is 1.46. The van der Waals surface area contributed by atoms with Gasteiger partial charge in [-0.1, -0.05) is 20.8 Å². The largest absolute Gasteiger partial charge is 0.476 e. The van der Waals surface area contributed by atoms with Crippen LogP contribution in [0.2, 0.25) is 0 Å². The summed E-state index contributed by atoms with van der Waals surface area (Å²) in [6.07, 6.45) is 1.82. The summed E-state index contributed by atoms with van der Waals surface area (Å²) in [7, 11) is 0. The van der Waals surface area contributed by atoms with Crippen LogP contribution in [0.4, 0.5) is 0 Å². The van der Waals surface area contributed by atoms with Crippen LogP contribution in [0.25, 0.3) is 0 Å². The third-order valence-electron chi connectivity index (χ3n) is 4.82. The summed E-state index contributed by atoms with van der Waals surface area (Å²) in [5.74, 6) is 0.766. The molecule has 0 bridgehead atoms. The van der Waals surface area contributed by atoms with Gasteiger partial charge in [-0.25, -0.2) is 5.43 Å². The number of nitrogens with one attached hydrogen (secondary N) is 2. The molecule has 2 aliphatic rings. The Kier molecular flexibility index (Phi) is 5.41. The van der Waals surface area contributed by atoms with E-state index < -0.39 is 0 Å². The van der Waals surface area contributed by atoms with Crippen LogP contribution in [0.3, 0.4) is 0 Å². The Labute approximate surface area is 153 Å². The van der Waals surface area contributed by atoms with Gasteiger partial charge in [0, 0.05) is 36.9 Å². The molecule has 1 aromatic heterocycles. The first-order valence-electron chi connectivity index (χ1n) is 9.13. The predicted octanol–water partition coefficient (Wildman–Crippen LogP) is 0.785. The van der Waals surface area contributed by atoms with Crippen LogP contribution >= 0.6 is 0 Å². The van der Waals surface area contributed by atoms with Gasteiger partial charge < -0.3 is 9.64 Å². The normalized spacial score (nSPS) is 23.7. The first-order chi connectivity index (χ1) is 12.3. The molecule has 0 radical (unpaired) electrons. The van der Waals surface area contributed by atoms with Gasteiger partial charge >= 0.3 is 0 Å². The fourth-order valence-corrected chi connectivity index (χ4v) is 3.15. The molecular formula is C18H27N5O3. The number of ether oxygens (including phenoxy) is 1. The molecule has 2 fully saturated rings. The van der Waals surface area contributed by atoms with Gasteiger partial charge in [-0.15, -0.1) is 5.10 Å². The van der Waals surface area contributed by atoms with Crippen molar-refractivity contribution in [3.05, 3.63) is 17.8 Å². The molecule has 2 aliphatic heterocycles. The van der Waals surface area contributed by atoms with Crippen molar-refractivity contribution in [1.29, 1.82) is 0 Å². The summed E-state index contributed by atoms with van der Waals surface area (Å²) in [6, 6.07) is 3.46. The zero-order chi connectivity index (χ0) is 18.7. The monoisotopic (exact) mass is 361 g/mol. The molecule has 2 amide bonds. The maximum atomic E-state index is 12.5. The Bertz CT molecular complexity index is 646. The predicted molar refractivity (Wildman–Crippen MR) is 95.2 cm³/mol. The number of nitrogens with zero attached hydrogens (tertiary/aromatic N) is 3. The Morgan fingerprint density at radius 1 is 1.31 bits per heavy atom. The highest BCUT2D eigenvalue weighted by atomic mass is 16.5. The van der Waals surface area contributed by atoms with Gasteiger partial charge in [-0.2, -0.15) is 5.10 Å². The topological polar surface area (TPSA) is 96.5 Å². The Morgan fingerprint density at radius 2 is 2.12 bits per heavy atom.